The molecule has 3 aromatic rings. The lowest BCUT2D eigenvalue weighted by atomic mass is 10.1. The molecule has 5 rings (SSSR count). The number of aryl methyl sites for hydroxylation is 2. The summed E-state index contributed by atoms with van der Waals surface area (Å²) in [6.45, 7) is 7.14. The van der Waals surface area contributed by atoms with Crippen LogP contribution in [0.15, 0.2) is 77.8 Å². The van der Waals surface area contributed by atoms with E-state index < -0.39 is 6.04 Å². The molecule has 1 amide bonds. The molecule has 34 heavy (non-hydrogen) atoms. The van der Waals surface area contributed by atoms with Crippen molar-refractivity contribution in [1.82, 2.24) is 4.90 Å². The molecule has 1 atom stereocenters. The van der Waals surface area contributed by atoms with Crippen LogP contribution in [-0.4, -0.2) is 49.0 Å². The summed E-state index contributed by atoms with van der Waals surface area (Å²) in [4.78, 5) is 24.9. The van der Waals surface area contributed by atoms with Crippen LogP contribution in [0.4, 0.5) is 15.8 Å². The quantitative estimate of drug-likeness (QED) is 0.577. The molecule has 2 aliphatic heterocycles. The fourth-order valence-electron chi connectivity index (χ4n) is 4.83. The van der Waals surface area contributed by atoms with Crippen molar-refractivity contribution in [3.63, 3.8) is 0 Å². The second-order valence-corrected chi connectivity index (χ2v) is 9.10. The van der Waals surface area contributed by atoms with Crippen molar-refractivity contribution in [2.24, 2.45) is 4.99 Å². The number of guanidine groups is 1. The SMILES string of the molecule is Cc1cc(C)cc(N2C(=O)C(Cc3ccccc3)N=C2N2CCN(c3ccc(F)cc3)CC2)c1. The zero-order valence-electron chi connectivity index (χ0n) is 19.6. The number of hydrogen-bond acceptors (Lipinski definition) is 4. The van der Waals surface area contributed by atoms with Crippen molar-refractivity contribution in [2.45, 2.75) is 26.3 Å². The van der Waals surface area contributed by atoms with Crippen molar-refractivity contribution in [3.05, 3.63) is 95.3 Å². The third-order valence-corrected chi connectivity index (χ3v) is 6.47. The Balaban J connectivity index is 1.41. The fourth-order valence-corrected chi connectivity index (χ4v) is 4.83. The number of carbonyl (C=O) groups excluding carboxylic acids is 1. The number of piperazine rings is 1. The molecule has 0 spiro atoms. The first-order valence-corrected chi connectivity index (χ1v) is 11.8. The van der Waals surface area contributed by atoms with Crippen molar-refractivity contribution in [3.8, 4) is 0 Å². The highest BCUT2D eigenvalue weighted by molar-refractivity contribution is 6.22. The molecule has 0 radical (unpaired) electrons. The highest BCUT2D eigenvalue weighted by Crippen LogP contribution is 2.28. The molecule has 2 aliphatic rings. The van der Waals surface area contributed by atoms with Crippen LogP contribution in [-0.2, 0) is 11.2 Å². The summed E-state index contributed by atoms with van der Waals surface area (Å²) < 4.78 is 13.3. The van der Waals surface area contributed by atoms with Gasteiger partial charge in [0.1, 0.15) is 11.9 Å². The van der Waals surface area contributed by atoms with Crippen LogP contribution in [0.25, 0.3) is 0 Å². The van der Waals surface area contributed by atoms with Gasteiger partial charge in [-0.3, -0.25) is 4.79 Å². The van der Waals surface area contributed by atoms with Gasteiger partial charge in [0.25, 0.3) is 5.91 Å². The zero-order chi connectivity index (χ0) is 23.7. The maximum Gasteiger partial charge on any atom is 0.259 e. The van der Waals surface area contributed by atoms with Crippen LogP contribution < -0.4 is 9.80 Å². The summed E-state index contributed by atoms with van der Waals surface area (Å²) in [6.07, 6.45) is 0.583. The average Bonchev–Trinajstić information content (AvgIpc) is 3.15. The Kier molecular flexibility index (Phi) is 6.05. The van der Waals surface area contributed by atoms with E-state index in [2.05, 4.69) is 41.8 Å². The molecule has 2 heterocycles. The van der Waals surface area contributed by atoms with Gasteiger partial charge in [-0.25, -0.2) is 14.3 Å². The first-order chi connectivity index (χ1) is 16.5. The van der Waals surface area contributed by atoms with Crippen molar-refractivity contribution in [1.29, 1.82) is 0 Å². The van der Waals surface area contributed by atoms with Gasteiger partial charge in [0.2, 0.25) is 5.96 Å². The number of benzene rings is 3. The lowest BCUT2D eigenvalue weighted by Gasteiger charge is -2.38. The minimum Gasteiger partial charge on any atom is -0.368 e. The molecule has 5 nitrogen and oxygen atoms in total. The van der Waals surface area contributed by atoms with Gasteiger partial charge in [0, 0.05) is 38.3 Å². The summed E-state index contributed by atoms with van der Waals surface area (Å²) in [5.41, 5.74) is 5.23. The minimum absolute atomic E-state index is 0.0183. The molecule has 0 bridgehead atoms. The van der Waals surface area contributed by atoms with Crippen LogP contribution in [0.5, 0.6) is 0 Å². The molecule has 0 saturated carbocycles. The average molecular weight is 457 g/mol. The van der Waals surface area contributed by atoms with E-state index >= 15 is 0 Å². The Bertz CT molecular complexity index is 1180. The van der Waals surface area contributed by atoms with Gasteiger partial charge in [-0.1, -0.05) is 36.4 Å². The molecular weight excluding hydrogens is 427 g/mol. The maximum atomic E-state index is 13.6. The Morgan fingerprint density at radius 1 is 0.824 bits per heavy atom. The van der Waals surface area contributed by atoms with Gasteiger partial charge < -0.3 is 9.80 Å². The van der Waals surface area contributed by atoms with Gasteiger partial charge in [-0.15, -0.1) is 0 Å². The number of carbonyl (C=O) groups is 1. The molecule has 1 fully saturated rings. The summed E-state index contributed by atoms with van der Waals surface area (Å²) >= 11 is 0. The van der Waals surface area contributed by atoms with E-state index in [1.165, 1.54) is 12.1 Å². The number of anilines is 2. The molecule has 0 aliphatic carbocycles. The van der Waals surface area contributed by atoms with E-state index in [4.69, 9.17) is 4.99 Å². The first-order valence-electron chi connectivity index (χ1n) is 11.8. The molecule has 1 saturated heterocycles. The normalized spacial score (nSPS) is 18.4. The number of rotatable bonds is 4. The van der Waals surface area contributed by atoms with Gasteiger partial charge in [0.15, 0.2) is 0 Å². The number of nitrogens with zero attached hydrogens (tertiary/aromatic N) is 4. The van der Waals surface area contributed by atoms with Gasteiger partial charge in [-0.2, -0.15) is 0 Å². The predicted molar refractivity (Wildman–Crippen MR) is 135 cm³/mol. The van der Waals surface area contributed by atoms with E-state index in [9.17, 15) is 9.18 Å². The van der Waals surface area contributed by atoms with Gasteiger partial charge in [0.05, 0.1) is 5.69 Å². The second-order valence-electron chi connectivity index (χ2n) is 9.10. The largest absolute Gasteiger partial charge is 0.368 e. The van der Waals surface area contributed by atoms with Crippen LogP contribution >= 0.6 is 0 Å². The Morgan fingerprint density at radius 3 is 2.09 bits per heavy atom. The second kappa shape index (κ2) is 9.29. The topological polar surface area (TPSA) is 39.2 Å². The Morgan fingerprint density at radius 2 is 1.44 bits per heavy atom. The smallest absolute Gasteiger partial charge is 0.259 e. The lowest BCUT2D eigenvalue weighted by Crippen LogP contribution is -2.53. The molecular formula is C28H29FN4O. The van der Waals surface area contributed by atoms with Crippen LogP contribution in [0, 0.1) is 19.7 Å². The van der Waals surface area contributed by atoms with Crippen molar-refractivity contribution in [2.75, 3.05) is 36.0 Å². The molecule has 0 aromatic heterocycles. The number of aliphatic imine (C=N–C) groups is 1. The van der Waals surface area contributed by atoms with Crippen molar-refractivity contribution < 1.29 is 9.18 Å². The minimum atomic E-state index is -0.437. The highest BCUT2D eigenvalue weighted by Gasteiger charge is 2.39. The standard InChI is InChI=1S/C28H29FN4O/c1-20-16-21(2)18-25(17-20)33-27(34)26(19-22-6-4-3-5-7-22)30-28(33)32-14-12-31(13-15-32)24-10-8-23(29)9-11-24/h3-11,16-18,26H,12-15,19H2,1-2H3. The third-order valence-electron chi connectivity index (χ3n) is 6.47. The van der Waals surface area contributed by atoms with E-state index in [0.717, 1.165) is 60.2 Å². The molecule has 3 aromatic carbocycles. The maximum absolute atomic E-state index is 13.6. The fraction of sp³-hybridized carbons (Fsp3) is 0.286. The van der Waals surface area contributed by atoms with Crippen LogP contribution in [0.2, 0.25) is 0 Å². The Labute approximate surface area is 200 Å². The molecule has 6 heteroatoms. The van der Waals surface area contributed by atoms with E-state index in [1.54, 1.807) is 4.90 Å². The highest BCUT2D eigenvalue weighted by atomic mass is 19.1. The van der Waals surface area contributed by atoms with Gasteiger partial charge >= 0.3 is 0 Å². The summed E-state index contributed by atoms with van der Waals surface area (Å²) in [5, 5.41) is 0. The molecule has 0 N–H and O–H groups in total. The number of halogens is 1. The van der Waals surface area contributed by atoms with E-state index in [-0.39, 0.29) is 11.7 Å². The number of hydrogen-bond donors (Lipinski definition) is 0. The summed E-state index contributed by atoms with van der Waals surface area (Å²) in [5.74, 6) is 0.522. The first kappa shape index (κ1) is 22.1. The van der Waals surface area contributed by atoms with Crippen LogP contribution in [0.3, 0.4) is 0 Å². The summed E-state index contributed by atoms with van der Waals surface area (Å²) in [7, 11) is 0. The predicted octanol–water partition coefficient (Wildman–Crippen LogP) is 4.58. The third kappa shape index (κ3) is 4.53. The van der Waals surface area contributed by atoms with Crippen LogP contribution in [0.1, 0.15) is 16.7 Å². The lowest BCUT2D eigenvalue weighted by molar-refractivity contribution is -0.118. The molecule has 1 unspecified atom stereocenters. The zero-order valence-corrected chi connectivity index (χ0v) is 19.6. The van der Waals surface area contributed by atoms with Crippen molar-refractivity contribution >= 4 is 23.2 Å². The number of amides is 1. The van der Waals surface area contributed by atoms with E-state index in [0.29, 0.717) is 6.42 Å². The van der Waals surface area contributed by atoms with Gasteiger partial charge in [-0.05, 0) is 66.9 Å². The monoisotopic (exact) mass is 456 g/mol. The Hall–Kier alpha value is -3.67. The van der Waals surface area contributed by atoms with E-state index in [1.807, 2.05) is 42.5 Å². The molecule has 174 valence electrons. The summed E-state index contributed by atoms with van der Waals surface area (Å²) in [6, 6.07) is 22.5.